The fraction of sp³-hybridized carbons (Fsp3) is 0.400. The second-order valence-corrected chi connectivity index (χ2v) is 7.17. The largest absolute Gasteiger partial charge is 0.325 e. The number of halogens is 1. The van der Waals surface area contributed by atoms with E-state index in [1.54, 1.807) is 24.3 Å². The molecule has 0 radical (unpaired) electrons. The first-order chi connectivity index (χ1) is 10.5. The molecule has 2 aromatic rings. The van der Waals surface area contributed by atoms with Gasteiger partial charge in [-0.25, -0.2) is 0 Å². The van der Waals surface area contributed by atoms with Crippen LogP contribution in [0.1, 0.15) is 31.5 Å². The number of hydrogen-bond acceptors (Lipinski definition) is 4. The molecule has 1 aliphatic rings. The van der Waals surface area contributed by atoms with E-state index in [-0.39, 0.29) is 11.2 Å². The van der Waals surface area contributed by atoms with E-state index in [1.165, 1.54) is 24.6 Å². The summed E-state index contributed by atoms with van der Waals surface area (Å²) in [5.74, 6) is 1.50. The number of nitrogens with one attached hydrogen (secondary N) is 1. The molecule has 0 unspecified atom stereocenters. The summed E-state index contributed by atoms with van der Waals surface area (Å²) in [6.07, 6.45) is 2.37. The minimum absolute atomic E-state index is 0.0664. The fourth-order valence-corrected chi connectivity index (χ4v) is 3.06. The van der Waals surface area contributed by atoms with Crippen molar-refractivity contribution >= 4 is 35.0 Å². The molecule has 1 aromatic heterocycles. The quantitative estimate of drug-likeness (QED) is 0.849. The van der Waals surface area contributed by atoms with Crippen LogP contribution in [0.15, 0.2) is 29.4 Å². The Labute approximate surface area is 138 Å². The van der Waals surface area contributed by atoms with Crippen LogP contribution in [0.2, 0.25) is 5.02 Å². The van der Waals surface area contributed by atoms with Gasteiger partial charge in [0.2, 0.25) is 5.91 Å². The zero-order valence-corrected chi connectivity index (χ0v) is 14.0. The summed E-state index contributed by atoms with van der Waals surface area (Å²) in [7, 11) is 1.96. The molecule has 116 valence electrons. The molecule has 1 heterocycles. The second-order valence-electron chi connectivity index (χ2n) is 5.43. The van der Waals surface area contributed by atoms with Crippen molar-refractivity contribution in [2.75, 3.05) is 5.32 Å². The van der Waals surface area contributed by atoms with Crippen LogP contribution in [0, 0.1) is 0 Å². The Morgan fingerprint density at radius 2 is 2.05 bits per heavy atom. The van der Waals surface area contributed by atoms with Crippen LogP contribution in [0.4, 0.5) is 5.69 Å². The number of amides is 1. The summed E-state index contributed by atoms with van der Waals surface area (Å²) in [5.41, 5.74) is 0.735. The van der Waals surface area contributed by atoms with Crippen LogP contribution in [0.5, 0.6) is 0 Å². The predicted octanol–water partition coefficient (Wildman–Crippen LogP) is 3.47. The van der Waals surface area contributed by atoms with E-state index in [9.17, 15) is 4.79 Å². The minimum Gasteiger partial charge on any atom is -0.325 e. The minimum atomic E-state index is -0.259. The Bertz CT molecular complexity index is 681. The van der Waals surface area contributed by atoms with E-state index in [0.717, 1.165) is 16.7 Å². The average molecular weight is 337 g/mol. The molecule has 0 saturated heterocycles. The van der Waals surface area contributed by atoms with Gasteiger partial charge < -0.3 is 9.88 Å². The van der Waals surface area contributed by atoms with Crippen LogP contribution in [0.3, 0.4) is 0 Å². The Kier molecular flexibility index (Phi) is 4.40. The molecule has 1 aromatic carbocycles. The first-order valence-corrected chi connectivity index (χ1v) is 8.42. The van der Waals surface area contributed by atoms with E-state index in [0.29, 0.717) is 10.9 Å². The van der Waals surface area contributed by atoms with Crippen molar-refractivity contribution in [3.05, 3.63) is 35.1 Å². The number of carbonyl (C=O) groups excluding carboxylic acids is 1. The van der Waals surface area contributed by atoms with Gasteiger partial charge in [0.05, 0.1) is 5.25 Å². The summed E-state index contributed by atoms with van der Waals surface area (Å²) in [6, 6.07) is 7.06. The number of rotatable bonds is 5. The van der Waals surface area contributed by atoms with Gasteiger partial charge >= 0.3 is 0 Å². The first-order valence-electron chi connectivity index (χ1n) is 7.17. The lowest BCUT2D eigenvalue weighted by atomic mass is 10.3. The summed E-state index contributed by atoms with van der Waals surface area (Å²) >= 11 is 7.25. The molecule has 1 atom stereocenters. The highest BCUT2D eigenvalue weighted by Crippen LogP contribution is 2.39. The highest BCUT2D eigenvalue weighted by Gasteiger charge is 2.30. The predicted molar refractivity (Wildman–Crippen MR) is 88.4 cm³/mol. The third-order valence-corrected chi connectivity index (χ3v) is 4.96. The van der Waals surface area contributed by atoms with Gasteiger partial charge in [0, 0.05) is 23.7 Å². The van der Waals surface area contributed by atoms with Gasteiger partial charge in [-0.15, -0.1) is 10.2 Å². The average Bonchev–Trinajstić information content (AvgIpc) is 3.27. The maximum absolute atomic E-state index is 12.2. The van der Waals surface area contributed by atoms with Crippen molar-refractivity contribution in [1.82, 2.24) is 14.8 Å². The molecule has 1 amide bonds. The Morgan fingerprint density at radius 3 is 2.68 bits per heavy atom. The lowest BCUT2D eigenvalue weighted by Crippen LogP contribution is -2.22. The van der Waals surface area contributed by atoms with Crippen LogP contribution in [-0.4, -0.2) is 25.9 Å². The van der Waals surface area contributed by atoms with Gasteiger partial charge in [0.15, 0.2) is 5.16 Å². The first kappa shape index (κ1) is 15.4. The van der Waals surface area contributed by atoms with Crippen LogP contribution in [0.25, 0.3) is 0 Å². The Morgan fingerprint density at radius 1 is 1.36 bits per heavy atom. The van der Waals surface area contributed by atoms with Crippen molar-refractivity contribution in [1.29, 1.82) is 0 Å². The molecular formula is C15H17ClN4OS. The standard InChI is InChI=1S/C15H17ClN4OS/c1-9(14(21)17-12-7-5-11(16)6-8-12)22-15-19-18-13(20(15)2)10-3-4-10/h5-10H,3-4H2,1-2H3,(H,17,21)/t9-/m0/s1. The van der Waals surface area contributed by atoms with Crippen LogP contribution >= 0.6 is 23.4 Å². The van der Waals surface area contributed by atoms with E-state index < -0.39 is 0 Å². The number of hydrogen-bond donors (Lipinski definition) is 1. The second kappa shape index (κ2) is 6.30. The number of nitrogens with zero attached hydrogens (tertiary/aromatic N) is 3. The number of carbonyl (C=O) groups is 1. The summed E-state index contributed by atoms with van der Waals surface area (Å²) in [5, 5.41) is 12.5. The van der Waals surface area contributed by atoms with Crippen molar-refractivity contribution in [2.45, 2.75) is 36.1 Å². The zero-order valence-electron chi connectivity index (χ0n) is 12.4. The van der Waals surface area contributed by atoms with Crippen LogP contribution < -0.4 is 5.32 Å². The Hall–Kier alpha value is -1.53. The topological polar surface area (TPSA) is 59.8 Å². The zero-order chi connectivity index (χ0) is 15.7. The van der Waals surface area contributed by atoms with E-state index >= 15 is 0 Å². The molecule has 5 nitrogen and oxygen atoms in total. The van der Waals surface area contributed by atoms with Gasteiger partial charge in [0.25, 0.3) is 0 Å². The van der Waals surface area contributed by atoms with Crippen molar-refractivity contribution in [2.24, 2.45) is 7.05 Å². The highest BCUT2D eigenvalue weighted by molar-refractivity contribution is 8.00. The van der Waals surface area contributed by atoms with Gasteiger partial charge in [-0.05, 0) is 44.0 Å². The molecule has 22 heavy (non-hydrogen) atoms. The van der Waals surface area contributed by atoms with Crippen molar-refractivity contribution in [3.63, 3.8) is 0 Å². The number of thioether (sulfide) groups is 1. The third kappa shape index (κ3) is 3.44. The molecule has 1 N–H and O–H groups in total. The number of anilines is 1. The van der Waals surface area contributed by atoms with Gasteiger partial charge in [-0.3, -0.25) is 4.79 Å². The third-order valence-electron chi connectivity index (χ3n) is 3.57. The molecule has 0 bridgehead atoms. The lowest BCUT2D eigenvalue weighted by molar-refractivity contribution is -0.115. The van der Waals surface area contributed by atoms with Crippen molar-refractivity contribution in [3.8, 4) is 0 Å². The van der Waals surface area contributed by atoms with E-state index in [1.807, 2.05) is 18.5 Å². The molecule has 7 heteroatoms. The molecule has 3 rings (SSSR count). The van der Waals surface area contributed by atoms with E-state index in [2.05, 4.69) is 15.5 Å². The molecule has 0 aliphatic heterocycles. The molecule has 1 aliphatic carbocycles. The van der Waals surface area contributed by atoms with Gasteiger partial charge in [-0.2, -0.15) is 0 Å². The van der Waals surface area contributed by atoms with Gasteiger partial charge in [0.1, 0.15) is 5.82 Å². The smallest absolute Gasteiger partial charge is 0.237 e. The van der Waals surface area contributed by atoms with Gasteiger partial charge in [-0.1, -0.05) is 23.4 Å². The number of benzene rings is 1. The van der Waals surface area contributed by atoms with E-state index in [4.69, 9.17) is 11.6 Å². The normalized spacial score (nSPS) is 15.6. The number of aromatic nitrogens is 3. The molecular weight excluding hydrogens is 320 g/mol. The summed E-state index contributed by atoms with van der Waals surface area (Å²) in [6.45, 7) is 1.86. The maximum atomic E-state index is 12.2. The molecule has 1 saturated carbocycles. The lowest BCUT2D eigenvalue weighted by Gasteiger charge is -2.11. The highest BCUT2D eigenvalue weighted by atomic mass is 35.5. The molecule has 0 spiro atoms. The summed E-state index contributed by atoms with van der Waals surface area (Å²) in [4.78, 5) is 12.2. The monoisotopic (exact) mass is 336 g/mol. The Balaban J connectivity index is 1.62. The SMILES string of the molecule is C[C@H](Sc1nnc(C2CC2)n1C)C(=O)Nc1ccc(Cl)cc1. The summed E-state index contributed by atoms with van der Waals surface area (Å²) < 4.78 is 1.99. The fourth-order valence-electron chi connectivity index (χ4n) is 2.11. The van der Waals surface area contributed by atoms with Crippen molar-refractivity contribution < 1.29 is 4.79 Å². The molecule has 1 fully saturated rings. The maximum Gasteiger partial charge on any atom is 0.237 e. The van der Waals surface area contributed by atoms with Crippen LogP contribution in [-0.2, 0) is 11.8 Å².